The van der Waals surface area contributed by atoms with Crippen LogP contribution >= 0.6 is 0 Å². The maximum Gasteiger partial charge on any atom is 0.221 e. The Labute approximate surface area is 101 Å². The van der Waals surface area contributed by atoms with Crippen molar-refractivity contribution in [2.24, 2.45) is 0 Å². The number of para-hydroxylation sites is 1. The first-order chi connectivity index (χ1) is 8.10. The summed E-state index contributed by atoms with van der Waals surface area (Å²) >= 11 is 0. The minimum atomic E-state index is -0.0214. The van der Waals surface area contributed by atoms with E-state index in [1.807, 2.05) is 24.1 Å². The first-order valence-corrected chi connectivity index (χ1v) is 5.30. The van der Waals surface area contributed by atoms with Crippen molar-refractivity contribution in [2.45, 2.75) is 6.42 Å². The summed E-state index contributed by atoms with van der Waals surface area (Å²) in [7, 11) is 3.45. The Morgan fingerprint density at radius 1 is 1.59 bits per heavy atom. The quantitative estimate of drug-likeness (QED) is 0.749. The first-order valence-electron chi connectivity index (χ1n) is 5.30. The predicted molar refractivity (Wildman–Crippen MR) is 67.5 cm³/mol. The van der Waals surface area contributed by atoms with Crippen LogP contribution in [0.5, 0.6) is 0 Å². The highest BCUT2D eigenvalue weighted by Gasteiger charge is 2.09. The number of amides is 1. The fourth-order valence-corrected chi connectivity index (χ4v) is 1.50. The topological polar surface area (TPSA) is 82.2 Å². The average molecular weight is 232 g/mol. The van der Waals surface area contributed by atoms with Gasteiger partial charge in [0.2, 0.25) is 5.91 Å². The third-order valence-corrected chi connectivity index (χ3v) is 2.57. The molecule has 0 saturated carbocycles. The lowest BCUT2D eigenvalue weighted by Gasteiger charge is -2.21. The summed E-state index contributed by atoms with van der Waals surface area (Å²) in [6.45, 7) is 0.554. The number of nitrogen functional groups attached to an aromatic ring is 1. The molecule has 5 nitrogen and oxygen atoms in total. The van der Waals surface area contributed by atoms with Gasteiger partial charge in [-0.2, -0.15) is 5.26 Å². The third kappa shape index (κ3) is 3.11. The summed E-state index contributed by atoms with van der Waals surface area (Å²) in [5.41, 5.74) is 7.55. The Morgan fingerprint density at radius 3 is 2.88 bits per heavy atom. The zero-order valence-corrected chi connectivity index (χ0v) is 10.0. The number of hydrogen-bond donors (Lipinski definition) is 2. The highest BCUT2D eigenvalue weighted by Crippen LogP contribution is 2.25. The SMILES string of the molecule is CNC(=O)CCN(C)c1cccc(C#N)c1N. The van der Waals surface area contributed by atoms with E-state index in [1.165, 1.54) is 0 Å². The molecule has 0 radical (unpaired) electrons. The van der Waals surface area contributed by atoms with Gasteiger partial charge in [0.25, 0.3) is 0 Å². The van der Waals surface area contributed by atoms with Crippen molar-refractivity contribution in [3.8, 4) is 6.07 Å². The lowest BCUT2D eigenvalue weighted by atomic mass is 10.1. The summed E-state index contributed by atoms with van der Waals surface area (Å²) < 4.78 is 0. The molecule has 1 rings (SSSR count). The zero-order valence-electron chi connectivity index (χ0n) is 10.0. The number of nitrogens with two attached hydrogens (primary N) is 1. The molecule has 3 N–H and O–H groups in total. The molecule has 1 aromatic carbocycles. The Hall–Kier alpha value is -2.22. The van der Waals surface area contributed by atoms with E-state index < -0.39 is 0 Å². The second kappa shape index (κ2) is 5.75. The molecule has 90 valence electrons. The number of nitrogens with one attached hydrogen (secondary N) is 1. The number of anilines is 2. The zero-order chi connectivity index (χ0) is 12.8. The van der Waals surface area contributed by atoms with Crippen molar-refractivity contribution >= 4 is 17.3 Å². The molecule has 0 heterocycles. The Kier molecular flexibility index (Phi) is 4.35. The van der Waals surface area contributed by atoms with E-state index in [1.54, 1.807) is 19.2 Å². The number of rotatable bonds is 4. The molecular formula is C12H16N4O. The molecule has 1 amide bonds. The molecule has 1 aromatic rings. The van der Waals surface area contributed by atoms with Gasteiger partial charge in [0.05, 0.1) is 16.9 Å². The van der Waals surface area contributed by atoms with Crippen molar-refractivity contribution in [2.75, 3.05) is 31.3 Å². The maximum atomic E-state index is 11.1. The standard InChI is InChI=1S/C12H16N4O/c1-15-11(17)6-7-16(2)10-5-3-4-9(8-13)12(10)14/h3-5H,6-7,14H2,1-2H3,(H,15,17). The summed E-state index contributed by atoms with van der Waals surface area (Å²) in [6, 6.07) is 7.32. The van der Waals surface area contributed by atoms with Gasteiger partial charge in [0.1, 0.15) is 6.07 Å². The van der Waals surface area contributed by atoms with E-state index in [0.717, 1.165) is 5.69 Å². The van der Waals surface area contributed by atoms with Gasteiger partial charge >= 0.3 is 0 Å². The highest BCUT2D eigenvalue weighted by atomic mass is 16.1. The van der Waals surface area contributed by atoms with Crippen LogP contribution in [0, 0.1) is 11.3 Å². The van der Waals surface area contributed by atoms with Crippen LogP contribution in [0.3, 0.4) is 0 Å². The van der Waals surface area contributed by atoms with Crippen molar-refractivity contribution in [1.29, 1.82) is 5.26 Å². The van der Waals surface area contributed by atoms with Gasteiger partial charge in [0, 0.05) is 27.1 Å². The fourth-order valence-electron chi connectivity index (χ4n) is 1.50. The van der Waals surface area contributed by atoms with Gasteiger partial charge in [0.15, 0.2) is 0 Å². The largest absolute Gasteiger partial charge is 0.396 e. The molecule has 17 heavy (non-hydrogen) atoms. The summed E-state index contributed by atoms with van der Waals surface area (Å²) in [5, 5.41) is 11.4. The van der Waals surface area contributed by atoms with Gasteiger partial charge in [-0.25, -0.2) is 0 Å². The van der Waals surface area contributed by atoms with Crippen molar-refractivity contribution < 1.29 is 4.79 Å². The van der Waals surface area contributed by atoms with Gasteiger partial charge < -0.3 is 16.0 Å². The van der Waals surface area contributed by atoms with Crippen LogP contribution in [-0.2, 0) is 4.79 Å². The number of hydrogen-bond acceptors (Lipinski definition) is 4. The lowest BCUT2D eigenvalue weighted by Crippen LogP contribution is -2.26. The van der Waals surface area contributed by atoms with E-state index in [9.17, 15) is 4.79 Å². The maximum absolute atomic E-state index is 11.1. The van der Waals surface area contributed by atoms with Gasteiger partial charge in [-0.15, -0.1) is 0 Å². The van der Waals surface area contributed by atoms with Crippen LogP contribution in [0.25, 0.3) is 0 Å². The monoisotopic (exact) mass is 232 g/mol. The highest BCUT2D eigenvalue weighted by molar-refractivity contribution is 5.77. The van der Waals surface area contributed by atoms with Crippen LogP contribution in [0.4, 0.5) is 11.4 Å². The van der Waals surface area contributed by atoms with E-state index in [4.69, 9.17) is 11.0 Å². The molecule has 0 spiro atoms. The van der Waals surface area contributed by atoms with Gasteiger partial charge in [-0.3, -0.25) is 4.79 Å². The molecule has 0 aliphatic carbocycles. The summed E-state index contributed by atoms with van der Waals surface area (Å²) in [5.74, 6) is -0.0214. The average Bonchev–Trinajstić information content (AvgIpc) is 2.35. The Morgan fingerprint density at radius 2 is 2.29 bits per heavy atom. The lowest BCUT2D eigenvalue weighted by molar-refractivity contribution is -0.120. The van der Waals surface area contributed by atoms with Gasteiger partial charge in [-0.1, -0.05) is 6.07 Å². The first kappa shape index (κ1) is 12.8. The van der Waals surface area contributed by atoms with E-state index in [0.29, 0.717) is 24.2 Å². The van der Waals surface area contributed by atoms with Gasteiger partial charge in [-0.05, 0) is 12.1 Å². The van der Waals surface area contributed by atoms with Crippen LogP contribution in [-0.4, -0.2) is 26.5 Å². The number of carbonyl (C=O) groups excluding carboxylic acids is 1. The van der Waals surface area contributed by atoms with Crippen LogP contribution in [0.15, 0.2) is 18.2 Å². The van der Waals surface area contributed by atoms with Crippen LogP contribution in [0.2, 0.25) is 0 Å². The predicted octanol–water partition coefficient (Wildman–Crippen LogP) is 0.713. The third-order valence-electron chi connectivity index (χ3n) is 2.57. The van der Waals surface area contributed by atoms with Crippen LogP contribution < -0.4 is 16.0 Å². The van der Waals surface area contributed by atoms with Crippen LogP contribution in [0.1, 0.15) is 12.0 Å². The number of nitrogens with zero attached hydrogens (tertiary/aromatic N) is 2. The Balaban J connectivity index is 2.79. The summed E-state index contributed by atoms with van der Waals surface area (Å²) in [6.07, 6.45) is 0.392. The molecule has 5 heteroatoms. The van der Waals surface area contributed by atoms with E-state index >= 15 is 0 Å². The van der Waals surface area contributed by atoms with Crippen molar-refractivity contribution in [1.82, 2.24) is 5.32 Å². The molecule has 0 saturated heterocycles. The minimum absolute atomic E-state index is 0.0214. The molecule has 0 aromatic heterocycles. The second-order valence-electron chi connectivity index (χ2n) is 3.69. The normalized spacial score (nSPS) is 9.47. The molecular weight excluding hydrogens is 216 g/mol. The van der Waals surface area contributed by atoms with E-state index in [-0.39, 0.29) is 5.91 Å². The molecule has 0 unspecified atom stereocenters. The smallest absolute Gasteiger partial charge is 0.221 e. The van der Waals surface area contributed by atoms with E-state index in [2.05, 4.69) is 5.32 Å². The molecule has 0 aliphatic rings. The summed E-state index contributed by atoms with van der Waals surface area (Å²) in [4.78, 5) is 13.0. The molecule has 0 atom stereocenters. The second-order valence-corrected chi connectivity index (χ2v) is 3.69. The number of nitriles is 1. The molecule has 0 fully saturated rings. The minimum Gasteiger partial charge on any atom is -0.396 e. The Bertz CT molecular complexity index is 450. The van der Waals surface area contributed by atoms with Crippen molar-refractivity contribution in [3.05, 3.63) is 23.8 Å². The number of carbonyl (C=O) groups is 1. The van der Waals surface area contributed by atoms with Crippen molar-refractivity contribution in [3.63, 3.8) is 0 Å². The molecule has 0 aliphatic heterocycles. The fraction of sp³-hybridized carbons (Fsp3) is 0.333. The molecule has 0 bridgehead atoms. The number of benzene rings is 1.